The zero-order valence-corrected chi connectivity index (χ0v) is 15.2. The number of amides is 1. The molecule has 27 heavy (non-hydrogen) atoms. The second-order valence-electron chi connectivity index (χ2n) is 6.72. The second-order valence-corrected chi connectivity index (χ2v) is 6.72. The molecule has 0 radical (unpaired) electrons. The molecule has 1 N–H and O–H groups in total. The van der Waals surface area contributed by atoms with Crippen molar-refractivity contribution in [3.63, 3.8) is 0 Å². The van der Waals surface area contributed by atoms with Gasteiger partial charge in [-0.15, -0.1) is 0 Å². The second kappa shape index (κ2) is 6.90. The Morgan fingerprint density at radius 2 is 2.22 bits per heavy atom. The third-order valence-electron chi connectivity index (χ3n) is 4.79. The summed E-state index contributed by atoms with van der Waals surface area (Å²) in [5.74, 6) is 1.53. The van der Waals surface area contributed by atoms with Gasteiger partial charge in [-0.2, -0.15) is 0 Å². The summed E-state index contributed by atoms with van der Waals surface area (Å²) in [5, 5.41) is 0. The molecule has 7 heteroatoms. The zero-order chi connectivity index (χ0) is 19.0. The van der Waals surface area contributed by atoms with Gasteiger partial charge in [-0.1, -0.05) is 6.07 Å². The van der Waals surface area contributed by atoms with Crippen molar-refractivity contribution in [2.75, 3.05) is 20.8 Å². The average Bonchev–Trinajstić information content (AvgIpc) is 3.07. The molecule has 0 saturated carbocycles. The van der Waals surface area contributed by atoms with Crippen LogP contribution in [0, 0.1) is 11.7 Å². The number of H-pyrrole nitrogens is 1. The predicted molar refractivity (Wildman–Crippen MR) is 98.2 cm³/mol. The number of imidazole rings is 1. The van der Waals surface area contributed by atoms with Gasteiger partial charge in [-0.05, 0) is 36.2 Å². The van der Waals surface area contributed by atoms with Crippen molar-refractivity contribution >= 4 is 16.9 Å². The van der Waals surface area contributed by atoms with Crippen molar-refractivity contribution < 1.29 is 18.7 Å². The summed E-state index contributed by atoms with van der Waals surface area (Å²) in [6.45, 7) is 0.649. The van der Waals surface area contributed by atoms with Crippen molar-refractivity contribution in [1.29, 1.82) is 0 Å². The summed E-state index contributed by atoms with van der Waals surface area (Å²) in [6, 6.07) is 10.0. The SMILES string of the molecule is COc1ccc2c(c1)OC[C@@H](C(=O)N(C)Cc1nc3ccc(F)cc3[nH]1)C2. The highest BCUT2D eigenvalue weighted by molar-refractivity contribution is 5.80. The fourth-order valence-corrected chi connectivity index (χ4v) is 3.36. The molecule has 6 nitrogen and oxygen atoms in total. The predicted octanol–water partition coefficient (Wildman–Crippen LogP) is 2.92. The van der Waals surface area contributed by atoms with Crippen molar-refractivity contribution in [1.82, 2.24) is 14.9 Å². The lowest BCUT2D eigenvalue weighted by Gasteiger charge is -2.28. The van der Waals surface area contributed by atoms with Gasteiger partial charge < -0.3 is 19.4 Å². The number of halogens is 1. The molecule has 1 aliphatic heterocycles. The number of benzene rings is 2. The number of aromatic amines is 1. The van der Waals surface area contributed by atoms with Crippen LogP contribution >= 0.6 is 0 Å². The normalized spacial score (nSPS) is 15.9. The first-order chi connectivity index (χ1) is 13.0. The highest BCUT2D eigenvalue weighted by Gasteiger charge is 2.29. The standard InChI is InChI=1S/C20H20FN3O3/c1-24(10-19-22-16-6-4-14(21)8-17(16)23-19)20(25)13-7-12-3-5-15(26-2)9-18(12)27-11-13/h3-6,8-9,13H,7,10-11H2,1-2H3,(H,22,23)/t13-/m0/s1. The first-order valence-electron chi connectivity index (χ1n) is 8.72. The van der Waals surface area contributed by atoms with E-state index in [0.29, 0.717) is 36.4 Å². The molecule has 0 unspecified atom stereocenters. The van der Waals surface area contributed by atoms with Gasteiger partial charge in [0.2, 0.25) is 5.91 Å². The van der Waals surface area contributed by atoms with Gasteiger partial charge in [0.25, 0.3) is 0 Å². The number of nitrogens with zero attached hydrogens (tertiary/aromatic N) is 2. The summed E-state index contributed by atoms with van der Waals surface area (Å²) in [4.78, 5) is 21.9. The van der Waals surface area contributed by atoms with Crippen LogP contribution in [0.3, 0.4) is 0 Å². The number of hydrogen-bond donors (Lipinski definition) is 1. The molecule has 2 heterocycles. The Bertz CT molecular complexity index is 1000. The number of rotatable bonds is 4. The molecule has 0 fully saturated rings. The quantitative estimate of drug-likeness (QED) is 0.768. The highest BCUT2D eigenvalue weighted by atomic mass is 19.1. The van der Waals surface area contributed by atoms with E-state index in [1.165, 1.54) is 12.1 Å². The summed E-state index contributed by atoms with van der Waals surface area (Å²) < 4.78 is 24.3. The number of ether oxygens (including phenoxy) is 2. The summed E-state index contributed by atoms with van der Waals surface area (Å²) in [5.41, 5.74) is 2.29. The molecule has 0 spiro atoms. The molecule has 0 saturated heterocycles. The van der Waals surface area contributed by atoms with Crippen LogP contribution in [0.4, 0.5) is 4.39 Å². The minimum absolute atomic E-state index is 0.0110. The van der Waals surface area contributed by atoms with Crippen molar-refractivity contribution in [2.45, 2.75) is 13.0 Å². The number of carbonyl (C=O) groups is 1. The van der Waals surface area contributed by atoms with Gasteiger partial charge in [0.15, 0.2) is 0 Å². The minimum Gasteiger partial charge on any atom is -0.497 e. The van der Waals surface area contributed by atoms with Crippen LogP contribution in [0.15, 0.2) is 36.4 Å². The Morgan fingerprint density at radius 3 is 3.04 bits per heavy atom. The van der Waals surface area contributed by atoms with E-state index in [1.54, 1.807) is 25.1 Å². The molecule has 140 valence electrons. The van der Waals surface area contributed by atoms with Crippen LogP contribution in [0.25, 0.3) is 11.0 Å². The maximum absolute atomic E-state index is 13.3. The molecule has 1 atom stereocenters. The summed E-state index contributed by atoms with van der Waals surface area (Å²) in [6.07, 6.45) is 0.619. The number of aromatic nitrogens is 2. The van der Waals surface area contributed by atoms with E-state index in [0.717, 1.165) is 17.1 Å². The monoisotopic (exact) mass is 369 g/mol. The lowest BCUT2D eigenvalue weighted by Crippen LogP contribution is -2.38. The third kappa shape index (κ3) is 3.45. The first kappa shape index (κ1) is 17.3. The van der Waals surface area contributed by atoms with Crippen molar-refractivity contribution in [2.24, 2.45) is 5.92 Å². The van der Waals surface area contributed by atoms with Crippen LogP contribution in [0.2, 0.25) is 0 Å². The Balaban J connectivity index is 1.45. The maximum Gasteiger partial charge on any atom is 0.229 e. The van der Waals surface area contributed by atoms with E-state index in [4.69, 9.17) is 9.47 Å². The Morgan fingerprint density at radius 1 is 1.37 bits per heavy atom. The van der Waals surface area contributed by atoms with Crippen LogP contribution in [0.1, 0.15) is 11.4 Å². The highest BCUT2D eigenvalue weighted by Crippen LogP contribution is 2.31. The molecule has 1 aliphatic rings. The van der Waals surface area contributed by atoms with E-state index in [-0.39, 0.29) is 17.6 Å². The molecule has 4 rings (SSSR count). The van der Waals surface area contributed by atoms with Gasteiger partial charge in [0.05, 0.1) is 30.6 Å². The van der Waals surface area contributed by atoms with Crippen molar-refractivity contribution in [3.8, 4) is 11.5 Å². The molecule has 0 aliphatic carbocycles. The van der Waals surface area contributed by atoms with E-state index < -0.39 is 0 Å². The number of hydrogen-bond acceptors (Lipinski definition) is 4. The fraction of sp³-hybridized carbons (Fsp3) is 0.300. The lowest BCUT2D eigenvalue weighted by molar-refractivity contribution is -0.136. The number of carbonyl (C=O) groups excluding carboxylic acids is 1. The average molecular weight is 369 g/mol. The van der Waals surface area contributed by atoms with E-state index in [1.807, 2.05) is 18.2 Å². The van der Waals surface area contributed by atoms with Crippen LogP contribution in [0.5, 0.6) is 11.5 Å². The molecule has 3 aromatic rings. The van der Waals surface area contributed by atoms with Gasteiger partial charge in [-0.3, -0.25) is 4.79 Å². The smallest absolute Gasteiger partial charge is 0.229 e. The van der Waals surface area contributed by atoms with E-state index >= 15 is 0 Å². The topological polar surface area (TPSA) is 67.5 Å². The van der Waals surface area contributed by atoms with Crippen LogP contribution in [-0.2, 0) is 17.8 Å². The van der Waals surface area contributed by atoms with Crippen molar-refractivity contribution in [3.05, 3.63) is 53.6 Å². The zero-order valence-electron chi connectivity index (χ0n) is 15.2. The van der Waals surface area contributed by atoms with E-state index in [9.17, 15) is 9.18 Å². The number of fused-ring (bicyclic) bond motifs is 2. The van der Waals surface area contributed by atoms with Gasteiger partial charge in [0.1, 0.15) is 29.7 Å². The molecule has 0 bridgehead atoms. The lowest BCUT2D eigenvalue weighted by atomic mass is 9.95. The Hall–Kier alpha value is -3.09. The van der Waals surface area contributed by atoms with Crippen LogP contribution in [-0.4, -0.2) is 41.5 Å². The number of methoxy groups -OCH3 is 1. The number of nitrogens with one attached hydrogen (secondary N) is 1. The Labute approximate surface area is 155 Å². The first-order valence-corrected chi connectivity index (χ1v) is 8.72. The third-order valence-corrected chi connectivity index (χ3v) is 4.79. The Kier molecular flexibility index (Phi) is 4.43. The molecular weight excluding hydrogens is 349 g/mol. The maximum atomic E-state index is 13.3. The van der Waals surface area contributed by atoms with Gasteiger partial charge in [-0.25, -0.2) is 9.37 Å². The van der Waals surface area contributed by atoms with Gasteiger partial charge in [0, 0.05) is 13.1 Å². The van der Waals surface area contributed by atoms with E-state index in [2.05, 4.69) is 9.97 Å². The molecule has 2 aromatic carbocycles. The summed E-state index contributed by atoms with van der Waals surface area (Å²) in [7, 11) is 3.35. The molecular formula is C20H20FN3O3. The summed E-state index contributed by atoms with van der Waals surface area (Å²) >= 11 is 0. The van der Waals surface area contributed by atoms with Crippen LogP contribution < -0.4 is 9.47 Å². The molecule has 1 amide bonds. The minimum atomic E-state index is -0.322. The largest absolute Gasteiger partial charge is 0.497 e. The fourth-order valence-electron chi connectivity index (χ4n) is 3.36. The molecule has 1 aromatic heterocycles. The van der Waals surface area contributed by atoms with Gasteiger partial charge >= 0.3 is 0 Å².